The quantitative estimate of drug-likeness (QED) is 0.374. The van der Waals surface area contributed by atoms with Gasteiger partial charge in [-0.2, -0.15) is 0 Å². The van der Waals surface area contributed by atoms with Gasteiger partial charge in [-0.3, -0.25) is 18.9 Å². The van der Waals surface area contributed by atoms with Crippen LogP contribution in [-0.2, 0) is 13.8 Å². The minimum Gasteiger partial charge on any atom is -0.388 e. The lowest BCUT2D eigenvalue weighted by Gasteiger charge is -2.31. The van der Waals surface area contributed by atoms with Gasteiger partial charge in [0.2, 0.25) is 0 Å². The molecule has 0 amide bonds. The smallest absolute Gasteiger partial charge is 0.356 e. The molecule has 5 N–H and O–H groups in total. The molecule has 2 rings (SSSR count). The summed E-state index contributed by atoms with van der Waals surface area (Å²) in [4.78, 5) is 34.7. The molecule has 6 atom stereocenters. The number of aromatic nitrogens is 2. The molecule has 0 spiro atoms. The lowest BCUT2D eigenvalue weighted by molar-refractivity contribution is -0.0645. The summed E-state index contributed by atoms with van der Waals surface area (Å²) in [6.07, 6.45) is -4.16. The topological polar surface area (TPSA) is 171 Å². The fourth-order valence-electron chi connectivity index (χ4n) is 2.71. The summed E-state index contributed by atoms with van der Waals surface area (Å²) in [5, 5.41) is 29.7. The fourth-order valence-corrected chi connectivity index (χ4v) is 3.64. The zero-order chi connectivity index (χ0) is 19.9. The van der Waals surface area contributed by atoms with Crippen molar-refractivity contribution in [2.75, 3.05) is 0 Å². The molecule has 0 radical (unpaired) electrons. The zero-order valence-electron chi connectivity index (χ0n) is 14.5. The van der Waals surface area contributed by atoms with Crippen LogP contribution in [0.1, 0.15) is 33.4 Å². The Morgan fingerprint density at radius 2 is 2.00 bits per heavy atom. The van der Waals surface area contributed by atoms with Crippen LogP contribution in [0.15, 0.2) is 21.9 Å². The molecule has 1 aromatic heterocycles. The first-order valence-corrected chi connectivity index (χ1v) is 9.53. The van der Waals surface area contributed by atoms with Crippen molar-refractivity contribution in [2.24, 2.45) is 0 Å². The second kappa shape index (κ2) is 7.35. The molecule has 148 valence electrons. The van der Waals surface area contributed by atoms with E-state index in [1.165, 1.54) is 13.8 Å². The maximum Gasteiger partial charge on any atom is 0.356 e. The van der Waals surface area contributed by atoms with Crippen LogP contribution in [0.2, 0.25) is 0 Å². The molecule has 1 aromatic rings. The molecule has 2 unspecified atom stereocenters. The highest BCUT2D eigenvalue weighted by molar-refractivity contribution is 7.53. The van der Waals surface area contributed by atoms with Gasteiger partial charge in [-0.25, -0.2) is 4.79 Å². The maximum absolute atomic E-state index is 11.9. The molecule has 0 aliphatic carbocycles. The predicted octanol–water partition coefficient (Wildman–Crippen LogP) is -1.14. The van der Waals surface area contributed by atoms with Crippen LogP contribution in [0.25, 0.3) is 0 Å². The number of rotatable bonds is 6. The molecule has 1 aliphatic heterocycles. The van der Waals surface area contributed by atoms with Crippen LogP contribution >= 0.6 is 7.60 Å². The van der Waals surface area contributed by atoms with Gasteiger partial charge in [0.25, 0.3) is 5.56 Å². The van der Waals surface area contributed by atoms with E-state index in [0.717, 1.165) is 23.8 Å². The van der Waals surface area contributed by atoms with Crippen LogP contribution in [0.5, 0.6) is 0 Å². The number of aromatic amines is 1. The first kappa shape index (κ1) is 21.0. The van der Waals surface area contributed by atoms with E-state index in [4.69, 9.17) is 9.26 Å². The third-order valence-corrected chi connectivity index (χ3v) is 5.71. The molecule has 12 heteroatoms. The SMILES string of the molecule is CC(O)P(=O)(O)OC(C)(C)C[C@H]1O[C@@H](n2ccc(=O)[nH]c2=O)[C@H](O)[C@@H]1O. The van der Waals surface area contributed by atoms with Gasteiger partial charge in [0.05, 0.1) is 11.7 Å². The zero-order valence-corrected chi connectivity index (χ0v) is 15.4. The van der Waals surface area contributed by atoms with E-state index in [-0.39, 0.29) is 6.42 Å². The Morgan fingerprint density at radius 3 is 2.54 bits per heavy atom. The molecule has 0 aromatic carbocycles. The summed E-state index contributed by atoms with van der Waals surface area (Å²) in [5.74, 6) is -1.60. The number of hydrogen-bond acceptors (Lipinski definition) is 8. The summed E-state index contributed by atoms with van der Waals surface area (Å²) in [6.45, 7) is 4.03. The van der Waals surface area contributed by atoms with Gasteiger partial charge in [-0.1, -0.05) is 0 Å². The largest absolute Gasteiger partial charge is 0.388 e. The molecule has 26 heavy (non-hydrogen) atoms. The number of aliphatic hydroxyl groups is 3. The first-order chi connectivity index (χ1) is 11.8. The Hall–Kier alpha value is -1.33. The van der Waals surface area contributed by atoms with Crippen molar-refractivity contribution < 1.29 is 34.0 Å². The Kier molecular flexibility index (Phi) is 5.93. The lowest BCUT2D eigenvalue weighted by Crippen LogP contribution is -2.38. The second-order valence-electron chi connectivity index (χ2n) is 6.81. The standard InChI is InChI=1S/C14H23N2O9P/c1-7(17)26(22,23)25-14(2,3)6-8-10(19)11(20)12(24-8)16-5-4-9(18)15-13(16)21/h4-5,7-8,10-12,17,19-20H,6H2,1-3H3,(H,22,23)(H,15,18,21)/t7?,8-,10-,11-,12-/m1/s1. The summed E-state index contributed by atoms with van der Waals surface area (Å²) < 4.78 is 23.4. The van der Waals surface area contributed by atoms with Crippen LogP contribution in [0.3, 0.4) is 0 Å². The van der Waals surface area contributed by atoms with Crippen LogP contribution in [0.4, 0.5) is 0 Å². The number of aliphatic hydroxyl groups excluding tert-OH is 3. The average Bonchev–Trinajstić information content (AvgIpc) is 2.74. The molecule has 1 aliphatic rings. The Balaban J connectivity index is 2.18. The van der Waals surface area contributed by atoms with Crippen molar-refractivity contribution in [2.45, 2.75) is 63.2 Å². The third kappa shape index (κ3) is 4.49. The number of nitrogens with zero attached hydrogens (tertiary/aromatic N) is 1. The van der Waals surface area contributed by atoms with Gasteiger partial charge in [0, 0.05) is 18.7 Å². The van der Waals surface area contributed by atoms with Crippen LogP contribution < -0.4 is 11.2 Å². The van der Waals surface area contributed by atoms with Crippen molar-refractivity contribution in [3.05, 3.63) is 33.1 Å². The monoisotopic (exact) mass is 394 g/mol. The van der Waals surface area contributed by atoms with Crippen molar-refractivity contribution in [1.82, 2.24) is 9.55 Å². The number of hydrogen-bond donors (Lipinski definition) is 5. The normalized spacial score (nSPS) is 30.1. The second-order valence-corrected chi connectivity index (χ2v) is 8.87. The van der Waals surface area contributed by atoms with E-state index in [0.29, 0.717) is 0 Å². The Labute approximate surface area is 148 Å². The molecule has 0 saturated carbocycles. The van der Waals surface area contributed by atoms with Gasteiger partial charge >= 0.3 is 13.3 Å². The lowest BCUT2D eigenvalue weighted by atomic mass is 9.97. The van der Waals surface area contributed by atoms with Gasteiger partial charge in [-0.05, 0) is 20.8 Å². The first-order valence-electron chi connectivity index (χ1n) is 7.88. The Morgan fingerprint density at radius 1 is 1.38 bits per heavy atom. The summed E-state index contributed by atoms with van der Waals surface area (Å²) in [6, 6.07) is 1.06. The minimum absolute atomic E-state index is 0.114. The van der Waals surface area contributed by atoms with Crippen LogP contribution in [0, 0.1) is 0 Å². The van der Waals surface area contributed by atoms with Crippen molar-refractivity contribution in [3.8, 4) is 0 Å². The highest BCUT2D eigenvalue weighted by Gasteiger charge is 2.47. The molecule has 0 bridgehead atoms. The number of H-pyrrole nitrogens is 1. The van der Waals surface area contributed by atoms with Crippen molar-refractivity contribution in [3.63, 3.8) is 0 Å². The summed E-state index contributed by atoms with van der Waals surface area (Å²) >= 11 is 0. The van der Waals surface area contributed by atoms with Gasteiger partial charge in [0.1, 0.15) is 12.2 Å². The van der Waals surface area contributed by atoms with E-state index in [2.05, 4.69) is 0 Å². The minimum atomic E-state index is -4.30. The summed E-state index contributed by atoms with van der Waals surface area (Å²) in [5.41, 5.74) is -2.74. The molecule has 2 heterocycles. The highest BCUT2D eigenvalue weighted by atomic mass is 31.2. The molecular formula is C14H23N2O9P. The van der Waals surface area contributed by atoms with E-state index >= 15 is 0 Å². The third-order valence-electron chi connectivity index (χ3n) is 4.01. The van der Waals surface area contributed by atoms with Gasteiger partial charge in [-0.15, -0.1) is 0 Å². The van der Waals surface area contributed by atoms with E-state index < -0.39 is 54.8 Å². The van der Waals surface area contributed by atoms with Gasteiger partial charge in [0.15, 0.2) is 12.1 Å². The predicted molar refractivity (Wildman–Crippen MR) is 88.5 cm³/mol. The number of ether oxygens (including phenoxy) is 1. The van der Waals surface area contributed by atoms with E-state index in [1.807, 2.05) is 4.98 Å². The van der Waals surface area contributed by atoms with Crippen molar-refractivity contribution >= 4 is 7.60 Å². The number of nitrogens with one attached hydrogen (secondary N) is 1. The average molecular weight is 394 g/mol. The van der Waals surface area contributed by atoms with E-state index in [9.17, 15) is 34.4 Å². The van der Waals surface area contributed by atoms with Crippen molar-refractivity contribution in [1.29, 1.82) is 0 Å². The molecule has 1 saturated heterocycles. The maximum atomic E-state index is 11.9. The highest BCUT2D eigenvalue weighted by Crippen LogP contribution is 2.51. The fraction of sp³-hybridized carbons (Fsp3) is 0.714. The molecule has 11 nitrogen and oxygen atoms in total. The molecular weight excluding hydrogens is 371 g/mol. The molecule has 1 fully saturated rings. The van der Waals surface area contributed by atoms with Crippen LogP contribution in [-0.4, -0.2) is 59.5 Å². The van der Waals surface area contributed by atoms with Gasteiger partial charge < -0.3 is 29.5 Å². The Bertz CT molecular complexity index is 802. The van der Waals surface area contributed by atoms with E-state index in [1.54, 1.807) is 0 Å². The summed E-state index contributed by atoms with van der Waals surface area (Å²) in [7, 11) is -4.30.